The van der Waals surface area contributed by atoms with Gasteiger partial charge in [0.1, 0.15) is 17.1 Å². The Morgan fingerprint density at radius 3 is 2.57 bits per heavy atom. The molecule has 0 radical (unpaired) electrons. The summed E-state index contributed by atoms with van der Waals surface area (Å²) in [5.74, 6) is -2.23. The van der Waals surface area contributed by atoms with E-state index in [9.17, 15) is 19.1 Å². The zero-order valence-corrected chi connectivity index (χ0v) is 17.0. The number of rotatable bonds is 6. The average Bonchev–Trinajstić information content (AvgIpc) is 2.71. The van der Waals surface area contributed by atoms with Crippen molar-refractivity contribution >= 4 is 35.1 Å². The van der Waals surface area contributed by atoms with Gasteiger partial charge in [0.15, 0.2) is 0 Å². The van der Waals surface area contributed by atoms with E-state index in [1.165, 1.54) is 24.4 Å². The fraction of sp³-hybridized carbons (Fsp3) is 0.0952. The van der Waals surface area contributed by atoms with Gasteiger partial charge in [0.2, 0.25) is 5.88 Å². The number of carboxylic acids is 1. The second-order valence-electron chi connectivity index (χ2n) is 6.27. The highest BCUT2D eigenvalue weighted by Crippen LogP contribution is 2.31. The first-order chi connectivity index (χ1) is 14.3. The van der Waals surface area contributed by atoms with Crippen LogP contribution in [0.3, 0.4) is 0 Å². The molecule has 0 aliphatic heterocycles. The molecule has 0 saturated heterocycles. The van der Waals surface area contributed by atoms with Crippen molar-refractivity contribution in [2.45, 2.75) is 13.0 Å². The van der Waals surface area contributed by atoms with Gasteiger partial charge in [0, 0.05) is 6.20 Å². The lowest BCUT2D eigenvalue weighted by Gasteiger charge is -2.18. The summed E-state index contributed by atoms with van der Waals surface area (Å²) in [5.41, 5.74) is 0.504. The largest absolute Gasteiger partial charge is 0.478 e. The average molecular weight is 449 g/mol. The summed E-state index contributed by atoms with van der Waals surface area (Å²) in [5, 5.41) is 12.3. The molecule has 30 heavy (non-hydrogen) atoms. The summed E-state index contributed by atoms with van der Waals surface area (Å²) in [6, 6.07) is 10.6. The smallest absolute Gasteiger partial charge is 0.336 e. The van der Waals surface area contributed by atoms with Crippen LogP contribution in [-0.4, -0.2) is 22.0 Å². The van der Waals surface area contributed by atoms with Crippen LogP contribution >= 0.6 is 23.2 Å². The van der Waals surface area contributed by atoms with Gasteiger partial charge in [-0.2, -0.15) is 0 Å². The van der Waals surface area contributed by atoms with E-state index in [1.54, 1.807) is 25.1 Å². The van der Waals surface area contributed by atoms with Crippen LogP contribution in [0.4, 0.5) is 4.39 Å². The molecule has 1 heterocycles. The minimum Gasteiger partial charge on any atom is -0.478 e. The topological polar surface area (TPSA) is 88.5 Å². The summed E-state index contributed by atoms with van der Waals surface area (Å²) < 4.78 is 18.9. The molecule has 2 N–H and O–H groups in total. The monoisotopic (exact) mass is 448 g/mol. The maximum atomic E-state index is 13.3. The van der Waals surface area contributed by atoms with E-state index in [1.807, 2.05) is 0 Å². The van der Waals surface area contributed by atoms with Crippen molar-refractivity contribution in [1.29, 1.82) is 0 Å². The quantitative estimate of drug-likeness (QED) is 0.518. The lowest BCUT2D eigenvalue weighted by atomic mass is 10.0. The van der Waals surface area contributed by atoms with Gasteiger partial charge >= 0.3 is 5.97 Å². The van der Waals surface area contributed by atoms with Crippen LogP contribution < -0.4 is 10.1 Å². The highest BCUT2D eigenvalue weighted by molar-refractivity contribution is 6.32. The van der Waals surface area contributed by atoms with Gasteiger partial charge in [-0.15, -0.1) is 0 Å². The number of aromatic nitrogens is 1. The number of halogens is 3. The van der Waals surface area contributed by atoms with Gasteiger partial charge in [0.05, 0.1) is 21.7 Å². The first kappa shape index (κ1) is 21.5. The van der Waals surface area contributed by atoms with Gasteiger partial charge in [0.25, 0.3) is 5.91 Å². The third kappa shape index (κ3) is 4.87. The normalized spacial score (nSPS) is 11.6. The Labute approximate surface area is 181 Å². The molecular weight excluding hydrogens is 434 g/mol. The van der Waals surface area contributed by atoms with Gasteiger partial charge in [-0.1, -0.05) is 41.4 Å². The van der Waals surface area contributed by atoms with Crippen molar-refractivity contribution in [1.82, 2.24) is 10.3 Å². The maximum Gasteiger partial charge on any atom is 0.336 e. The Hall–Kier alpha value is -3.16. The molecule has 1 aromatic heterocycles. The molecule has 1 amide bonds. The molecule has 3 rings (SSSR count). The second kappa shape index (κ2) is 9.11. The molecule has 0 aliphatic rings. The van der Waals surface area contributed by atoms with Gasteiger partial charge in [-0.25, -0.2) is 14.2 Å². The van der Waals surface area contributed by atoms with Gasteiger partial charge in [-0.3, -0.25) is 4.79 Å². The molecule has 6 nitrogen and oxygen atoms in total. The van der Waals surface area contributed by atoms with E-state index >= 15 is 0 Å². The van der Waals surface area contributed by atoms with Gasteiger partial charge in [-0.05, 0) is 42.8 Å². The zero-order chi connectivity index (χ0) is 21.8. The Bertz CT molecular complexity index is 1120. The Morgan fingerprint density at radius 2 is 1.87 bits per heavy atom. The molecule has 0 bridgehead atoms. The summed E-state index contributed by atoms with van der Waals surface area (Å²) in [6.45, 7) is 1.65. The molecule has 3 aromatic rings. The first-order valence-electron chi connectivity index (χ1n) is 8.67. The van der Waals surface area contributed by atoms with Crippen molar-refractivity contribution in [3.8, 4) is 11.6 Å². The maximum absolute atomic E-state index is 13.3. The second-order valence-corrected chi connectivity index (χ2v) is 7.11. The number of ether oxygens (including phenoxy) is 1. The van der Waals surface area contributed by atoms with Crippen LogP contribution in [0.25, 0.3) is 0 Å². The lowest BCUT2D eigenvalue weighted by Crippen LogP contribution is -2.28. The summed E-state index contributed by atoms with van der Waals surface area (Å²) in [4.78, 5) is 28.3. The number of nitrogens with one attached hydrogen (secondary N) is 1. The highest BCUT2D eigenvalue weighted by atomic mass is 35.5. The number of pyridine rings is 1. The molecule has 0 aliphatic carbocycles. The zero-order valence-electron chi connectivity index (χ0n) is 15.5. The summed E-state index contributed by atoms with van der Waals surface area (Å²) in [6.07, 6.45) is 1.29. The SMILES string of the molecule is C[C@H](NC(=O)c1cc(Cl)cnc1Oc1ccc(F)cc1Cl)c1ccccc1C(=O)O. The number of benzene rings is 2. The van der Waals surface area contributed by atoms with Crippen LogP contribution in [0.15, 0.2) is 54.7 Å². The van der Waals surface area contributed by atoms with E-state index in [0.717, 1.165) is 12.1 Å². The minimum absolute atomic E-state index is 0.00172. The molecule has 0 unspecified atom stereocenters. The fourth-order valence-electron chi connectivity index (χ4n) is 2.75. The Morgan fingerprint density at radius 1 is 1.13 bits per heavy atom. The number of aromatic carboxylic acids is 1. The molecule has 0 fully saturated rings. The molecule has 154 valence electrons. The molecule has 1 atom stereocenters. The lowest BCUT2D eigenvalue weighted by molar-refractivity contribution is 0.0693. The first-order valence-corrected chi connectivity index (χ1v) is 9.43. The number of carboxylic acid groups (broad SMARTS) is 1. The predicted molar refractivity (Wildman–Crippen MR) is 110 cm³/mol. The van der Waals surface area contributed by atoms with Crippen molar-refractivity contribution < 1.29 is 23.8 Å². The Kier molecular flexibility index (Phi) is 6.54. The molecule has 0 spiro atoms. The summed E-state index contributed by atoms with van der Waals surface area (Å²) >= 11 is 12.0. The van der Waals surface area contributed by atoms with Crippen molar-refractivity contribution in [3.05, 3.63) is 87.3 Å². The van der Waals surface area contributed by atoms with E-state index in [4.69, 9.17) is 27.9 Å². The molecular formula is C21H15Cl2FN2O4. The van der Waals surface area contributed by atoms with Crippen molar-refractivity contribution in [2.24, 2.45) is 0 Å². The van der Waals surface area contributed by atoms with E-state index in [2.05, 4.69) is 10.3 Å². The molecule has 0 saturated carbocycles. The van der Waals surface area contributed by atoms with Crippen LogP contribution in [0.5, 0.6) is 11.6 Å². The Balaban J connectivity index is 1.89. The van der Waals surface area contributed by atoms with Gasteiger partial charge < -0.3 is 15.2 Å². The molecule has 2 aromatic carbocycles. The van der Waals surface area contributed by atoms with Crippen molar-refractivity contribution in [3.63, 3.8) is 0 Å². The van der Waals surface area contributed by atoms with Crippen LogP contribution in [0, 0.1) is 5.82 Å². The molecule has 9 heteroatoms. The number of amides is 1. The number of hydrogen-bond donors (Lipinski definition) is 2. The third-order valence-electron chi connectivity index (χ3n) is 4.17. The third-order valence-corrected chi connectivity index (χ3v) is 4.67. The number of carbonyl (C=O) groups excluding carboxylic acids is 1. The minimum atomic E-state index is -1.11. The van der Waals surface area contributed by atoms with Crippen molar-refractivity contribution in [2.75, 3.05) is 0 Å². The summed E-state index contributed by atoms with van der Waals surface area (Å²) in [7, 11) is 0. The predicted octanol–water partition coefficient (Wildman–Crippen LogP) is 5.51. The highest BCUT2D eigenvalue weighted by Gasteiger charge is 2.21. The number of hydrogen-bond acceptors (Lipinski definition) is 4. The number of nitrogens with zero attached hydrogens (tertiary/aromatic N) is 1. The van der Waals surface area contributed by atoms with Crippen LogP contribution in [0.2, 0.25) is 10.0 Å². The fourth-order valence-corrected chi connectivity index (χ4v) is 3.12. The van der Waals surface area contributed by atoms with E-state index in [-0.39, 0.29) is 32.8 Å². The van der Waals surface area contributed by atoms with Crippen LogP contribution in [0.1, 0.15) is 39.2 Å². The van der Waals surface area contributed by atoms with Crippen LogP contribution in [-0.2, 0) is 0 Å². The number of carbonyl (C=O) groups is 2. The van der Waals surface area contributed by atoms with E-state index < -0.39 is 23.7 Å². The van der Waals surface area contributed by atoms with E-state index in [0.29, 0.717) is 5.56 Å². The standard InChI is InChI=1S/C21H15Cl2FN2O4/c1-11(14-4-2-3-5-15(14)21(28)29)26-19(27)16-8-12(22)10-25-20(16)30-18-7-6-13(24)9-17(18)23/h2-11H,1H3,(H,26,27)(H,28,29)/t11-/m0/s1.